The van der Waals surface area contributed by atoms with Crippen LogP contribution in [0, 0.1) is 17.2 Å². The lowest BCUT2D eigenvalue weighted by Gasteiger charge is -2.33. The fourth-order valence-corrected chi connectivity index (χ4v) is 2.75. The fraction of sp³-hybridized carbons (Fsp3) is 0.600. The van der Waals surface area contributed by atoms with Crippen LogP contribution in [0.1, 0.15) is 24.1 Å². The van der Waals surface area contributed by atoms with E-state index in [2.05, 4.69) is 34.9 Å². The van der Waals surface area contributed by atoms with Gasteiger partial charge < -0.3 is 4.90 Å². The molecule has 1 saturated heterocycles. The first kappa shape index (κ1) is 14.0. The van der Waals surface area contributed by atoms with Crippen LogP contribution in [0.2, 0.25) is 0 Å². The van der Waals surface area contributed by atoms with E-state index in [1.54, 1.807) is 6.20 Å². The third kappa shape index (κ3) is 4.02. The minimum atomic E-state index is 0.568. The van der Waals surface area contributed by atoms with Gasteiger partial charge in [-0.2, -0.15) is 5.26 Å². The van der Waals surface area contributed by atoms with Crippen LogP contribution >= 0.6 is 0 Å². The molecule has 1 aromatic heterocycles. The normalized spacial score (nSPS) is 17.6. The van der Waals surface area contributed by atoms with Crippen molar-refractivity contribution in [3.63, 3.8) is 0 Å². The van der Waals surface area contributed by atoms with Crippen LogP contribution in [-0.2, 0) is 6.54 Å². The molecule has 0 N–H and O–H groups in total. The van der Waals surface area contributed by atoms with Crippen molar-refractivity contribution in [1.82, 2.24) is 14.8 Å². The molecule has 0 aliphatic carbocycles. The van der Waals surface area contributed by atoms with Crippen LogP contribution in [0.5, 0.6) is 0 Å². The quantitative estimate of drug-likeness (QED) is 0.825. The average Bonchev–Trinajstić information content (AvgIpc) is 2.41. The van der Waals surface area contributed by atoms with Gasteiger partial charge in [0.2, 0.25) is 0 Å². The van der Waals surface area contributed by atoms with Crippen LogP contribution in [0.3, 0.4) is 0 Å². The van der Waals surface area contributed by atoms with E-state index >= 15 is 0 Å². The SMILES string of the molecule is CN(C)CC1CCN(Cc2cccnc2C#N)CC1. The summed E-state index contributed by atoms with van der Waals surface area (Å²) in [4.78, 5) is 8.83. The Labute approximate surface area is 115 Å². The second-order valence-electron chi connectivity index (χ2n) is 5.60. The van der Waals surface area contributed by atoms with Crippen molar-refractivity contribution in [3.05, 3.63) is 29.6 Å². The lowest BCUT2D eigenvalue weighted by atomic mass is 9.96. The number of hydrogen-bond donors (Lipinski definition) is 0. The molecule has 1 aliphatic heterocycles. The van der Waals surface area contributed by atoms with E-state index in [4.69, 9.17) is 5.26 Å². The predicted molar refractivity (Wildman–Crippen MR) is 75.5 cm³/mol. The molecule has 2 rings (SSSR count). The molecule has 0 amide bonds. The van der Waals surface area contributed by atoms with Crippen molar-refractivity contribution < 1.29 is 0 Å². The third-order valence-corrected chi connectivity index (χ3v) is 3.72. The largest absolute Gasteiger partial charge is 0.309 e. The lowest BCUT2D eigenvalue weighted by Crippen LogP contribution is -2.36. The average molecular weight is 258 g/mol. The Morgan fingerprint density at radius 1 is 1.42 bits per heavy atom. The highest BCUT2D eigenvalue weighted by molar-refractivity contribution is 5.30. The number of piperidine rings is 1. The van der Waals surface area contributed by atoms with Crippen LogP contribution in [0.4, 0.5) is 0 Å². The van der Waals surface area contributed by atoms with Crippen molar-refractivity contribution in [2.24, 2.45) is 5.92 Å². The smallest absolute Gasteiger partial charge is 0.144 e. The van der Waals surface area contributed by atoms with E-state index in [0.29, 0.717) is 5.69 Å². The molecule has 0 aromatic carbocycles. The number of likely N-dealkylation sites (tertiary alicyclic amines) is 1. The highest BCUT2D eigenvalue weighted by Gasteiger charge is 2.20. The van der Waals surface area contributed by atoms with Crippen molar-refractivity contribution in [1.29, 1.82) is 5.26 Å². The zero-order valence-corrected chi connectivity index (χ0v) is 11.8. The number of nitriles is 1. The summed E-state index contributed by atoms with van der Waals surface area (Å²) >= 11 is 0. The summed E-state index contributed by atoms with van der Waals surface area (Å²) in [5.41, 5.74) is 1.62. The Hall–Kier alpha value is -1.44. The monoisotopic (exact) mass is 258 g/mol. The zero-order valence-electron chi connectivity index (χ0n) is 11.8. The number of nitrogens with zero attached hydrogens (tertiary/aromatic N) is 4. The summed E-state index contributed by atoms with van der Waals surface area (Å²) in [7, 11) is 4.28. The minimum absolute atomic E-state index is 0.568. The molecule has 2 heterocycles. The van der Waals surface area contributed by atoms with Gasteiger partial charge in [-0.1, -0.05) is 6.07 Å². The Morgan fingerprint density at radius 2 is 2.16 bits per heavy atom. The van der Waals surface area contributed by atoms with Gasteiger partial charge in [0.25, 0.3) is 0 Å². The molecule has 0 unspecified atom stereocenters. The minimum Gasteiger partial charge on any atom is -0.309 e. The first-order chi connectivity index (χ1) is 9.19. The van der Waals surface area contributed by atoms with Crippen LogP contribution < -0.4 is 0 Å². The number of hydrogen-bond acceptors (Lipinski definition) is 4. The molecular weight excluding hydrogens is 236 g/mol. The highest BCUT2D eigenvalue weighted by atomic mass is 15.1. The maximum absolute atomic E-state index is 9.05. The van der Waals surface area contributed by atoms with Gasteiger partial charge >= 0.3 is 0 Å². The summed E-state index contributed by atoms with van der Waals surface area (Å²) in [6, 6.07) is 6.10. The van der Waals surface area contributed by atoms with Gasteiger partial charge in [0.1, 0.15) is 11.8 Å². The lowest BCUT2D eigenvalue weighted by molar-refractivity contribution is 0.156. The topological polar surface area (TPSA) is 43.2 Å². The second-order valence-corrected chi connectivity index (χ2v) is 5.60. The molecule has 0 atom stereocenters. The predicted octanol–water partition coefficient (Wildman–Crippen LogP) is 1.73. The molecule has 19 heavy (non-hydrogen) atoms. The van der Waals surface area contributed by atoms with E-state index in [1.807, 2.05) is 12.1 Å². The van der Waals surface area contributed by atoms with Gasteiger partial charge in [0.15, 0.2) is 0 Å². The van der Waals surface area contributed by atoms with Gasteiger partial charge in [-0.25, -0.2) is 4.98 Å². The number of aromatic nitrogens is 1. The standard InChI is InChI=1S/C15H22N4/c1-18(2)11-13-5-8-19(9-6-13)12-14-4-3-7-17-15(14)10-16/h3-4,7,13H,5-6,8-9,11-12H2,1-2H3. The van der Waals surface area contributed by atoms with Crippen LogP contribution in [0.15, 0.2) is 18.3 Å². The van der Waals surface area contributed by atoms with Crippen LogP contribution in [0.25, 0.3) is 0 Å². The second kappa shape index (κ2) is 6.65. The molecule has 0 spiro atoms. The first-order valence-corrected chi connectivity index (χ1v) is 6.90. The third-order valence-electron chi connectivity index (χ3n) is 3.72. The Balaban J connectivity index is 1.87. The highest BCUT2D eigenvalue weighted by Crippen LogP contribution is 2.20. The maximum Gasteiger partial charge on any atom is 0.144 e. The van der Waals surface area contributed by atoms with Crippen molar-refractivity contribution in [3.8, 4) is 6.07 Å². The van der Waals surface area contributed by atoms with Gasteiger partial charge in [0, 0.05) is 24.8 Å². The van der Waals surface area contributed by atoms with Crippen molar-refractivity contribution >= 4 is 0 Å². The Kier molecular flexibility index (Phi) is 4.89. The zero-order chi connectivity index (χ0) is 13.7. The number of rotatable bonds is 4. The van der Waals surface area contributed by atoms with Gasteiger partial charge in [0.05, 0.1) is 0 Å². The summed E-state index contributed by atoms with van der Waals surface area (Å²) in [5, 5.41) is 9.05. The van der Waals surface area contributed by atoms with E-state index in [0.717, 1.165) is 31.1 Å². The van der Waals surface area contributed by atoms with Crippen LogP contribution in [-0.4, -0.2) is 48.5 Å². The molecule has 1 fully saturated rings. The van der Waals surface area contributed by atoms with Gasteiger partial charge in [-0.05, 0) is 52.0 Å². The molecule has 102 valence electrons. The van der Waals surface area contributed by atoms with Crippen molar-refractivity contribution in [2.75, 3.05) is 33.7 Å². The molecule has 4 nitrogen and oxygen atoms in total. The van der Waals surface area contributed by atoms with E-state index in [9.17, 15) is 0 Å². The van der Waals surface area contributed by atoms with E-state index < -0.39 is 0 Å². The van der Waals surface area contributed by atoms with E-state index in [1.165, 1.54) is 19.4 Å². The summed E-state index contributed by atoms with van der Waals surface area (Å²) < 4.78 is 0. The summed E-state index contributed by atoms with van der Waals surface area (Å²) in [6.07, 6.45) is 4.19. The Morgan fingerprint density at radius 3 is 2.79 bits per heavy atom. The van der Waals surface area contributed by atoms with Crippen molar-refractivity contribution in [2.45, 2.75) is 19.4 Å². The van der Waals surface area contributed by atoms with Gasteiger partial charge in [-0.3, -0.25) is 4.90 Å². The summed E-state index contributed by atoms with van der Waals surface area (Å²) in [5.74, 6) is 0.815. The first-order valence-electron chi connectivity index (χ1n) is 6.90. The molecule has 1 aliphatic rings. The number of pyridine rings is 1. The Bertz CT molecular complexity index is 442. The molecule has 0 radical (unpaired) electrons. The van der Waals surface area contributed by atoms with Gasteiger partial charge in [-0.15, -0.1) is 0 Å². The molecule has 1 aromatic rings. The molecule has 0 bridgehead atoms. The van der Waals surface area contributed by atoms with E-state index in [-0.39, 0.29) is 0 Å². The molecule has 4 heteroatoms. The molecular formula is C15H22N4. The maximum atomic E-state index is 9.05. The fourth-order valence-electron chi connectivity index (χ4n) is 2.75. The summed E-state index contributed by atoms with van der Waals surface area (Å²) in [6.45, 7) is 4.28. The molecule has 0 saturated carbocycles.